The first-order valence-electron chi connectivity index (χ1n) is 6.97. The lowest BCUT2D eigenvalue weighted by Crippen LogP contribution is -2.20. The summed E-state index contributed by atoms with van der Waals surface area (Å²) in [5.74, 6) is 0.908. The van der Waals surface area contributed by atoms with Gasteiger partial charge in [0, 0.05) is 17.6 Å². The van der Waals surface area contributed by atoms with E-state index in [0.29, 0.717) is 0 Å². The van der Waals surface area contributed by atoms with Crippen molar-refractivity contribution in [2.24, 2.45) is 0 Å². The number of fused-ring (bicyclic) bond motifs is 1. The molecule has 0 bridgehead atoms. The van der Waals surface area contributed by atoms with E-state index in [1.807, 2.05) is 42.5 Å². The molecule has 3 aromatic carbocycles. The van der Waals surface area contributed by atoms with Crippen LogP contribution in [0.1, 0.15) is 5.56 Å². The van der Waals surface area contributed by atoms with E-state index in [0.717, 1.165) is 23.4 Å². The van der Waals surface area contributed by atoms with E-state index in [2.05, 4.69) is 35.1 Å². The lowest BCUT2D eigenvalue weighted by atomic mass is 10.0. The van der Waals surface area contributed by atoms with E-state index < -0.39 is 0 Å². The third-order valence-electron chi connectivity index (χ3n) is 3.48. The molecule has 0 atom stereocenters. The molecule has 0 aliphatic carbocycles. The summed E-state index contributed by atoms with van der Waals surface area (Å²) in [6.07, 6.45) is 0. The maximum atomic E-state index is 5.42. The fraction of sp³-hybridized carbons (Fsp3) is 0.111. The van der Waals surface area contributed by atoms with Crippen LogP contribution in [0.15, 0.2) is 66.7 Å². The SMILES string of the molecule is COc1ccc(CNNc2ccccc2)c2ccccc12. The molecular weight excluding hydrogens is 260 g/mol. The van der Waals surface area contributed by atoms with Gasteiger partial charge < -0.3 is 10.2 Å². The van der Waals surface area contributed by atoms with E-state index in [1.54, 1.807) is 7.11 Å². The summed E-state index contributed by atoms with van der Waals surface area (Å²) in [7, 11) is 1.71. The van der Waals surface area contributed by atoms with Gasteiger partial charge in [0.2, 0.25) is 0 Å². The Morgan fingerprint density at radius 1 is 0.810 bits per heavy atom. The summed E-state index contributed by atoms with van der Waals surface area (Å²) < 4.78 is 5.42. The average molecular weight is 278 g/mol. The minimum atomic E-state index is 0.736. The molecule has 0 amide bonds. The molecule has 0 fully saturated rings. The molecule has 0 unspecified atom stereocenters. The topological polar surface area (TPSA) is 33.3 Å². The van der Waals surface area contributed by atoms with Crippen LogP contribution >= 0.6 is 0 Å². The third kappa shape index (κ3) is 2.98. The zero-order valence-corrected chi connectivity index (χ0v) is 12.0. The molecule has 21 heavy (non-hydrogen) atoms. The molecular formula is C18H18N2O. The van der Waals surface area contributed by atoms with Gasteiger partial charge in [-0.2, -0.15) is 0 Å². The Morgan fingerprint density at radius 2 is 1.52 bits per heavy atom. The van der Waals surface area contributed by atoms with Crippen LogP contribution in [0.5, 0.6) is 5.75 Å². The van der Waals surface area contributed by atoms with Crippen LogP contribution in [0.25, 0.3) is 10.8 Å². The van der Waals surface area contributed by atoms with E-state index >= 15 is 0 Å². The Kier molecular flexibility index (Phi) is 4.03. The molecule has 0 aliphatic heterocycles. The van der Waals surface area contributed by atoms with Gasteiger partial charge in [-0.15, -0.1) is 0 Å². The standard InChI is InChI=1S/C18H18N2O/c1-21-18-12-11-14(16-9-5-6-10-17(16)18)13-19-20-15-7-3-2-4-8-15/h2-12,19-20H,13H2,1H3. The number of hydrogen-bond donors (Lipinski definition) is 2. The molecule has 0 heterocycles. The number of para-hydroxylation sites is 1. The molecule has 106 valence electrons. The summed E-state index contributed by atoms with van der Waals surface area (Å²) >= 11 is 0. The molecule has 2 N–H and O–H groups in total. The van der Waals surface area contributed by atoms with Crippen molar-refractivity contribution >= 4 is 16.5 Å². The van der Waals surface area contributed by atoms with E-state index in [9.17, 15) is 0 Å². The van der Waals surface area contributed by atoms with Crippen molar-refractivity contribution < 1.29 is 4.74 Å². The van der Waals surface area contributed by atoms with Gasteiger partial charge in [0.15, 0.2) is 0 Å². The Labute approximate surface area is 124 Å². The highest BCUT2D eigenvalue weighted by Gasteiger charge is 2.05. The van der Waals surface area contributed by atoms with Crippen molar-refractivity contribution in [3.8, 4) is 5.75 Å². The number of methoxy groups -OCH3 is 1. The Balaban J connectivity index is 1.78. The van der Waals surface area contributed by atoms with Crippen LogP contribution in [0.3, 0.4) is 0 Å². The first-order valence-corrected chi connectivity index (χ1v) is 6.97. The first kappa shape index (κ1) is 13.5. The Bertz CT molecular complexity index is 726. The van der Waals surface area contributed by atoms with Gasteiger partial charge in [0.05, 0.1) is 7.11 Å². The largest absolute Gasteiger partial charge is 0.496 e. The van der Waals surface area contributed by atoms with Crippen molar-refractivity contribution in [3.05, 3.63) is 72.3 Å². The molecule has 0 saturated heterocycles. The first-order chi connectivity index (χ1) is 10.4. The minimum Gasteiger partial charge on any atom is -0.496 e. The second-order valence-corrected chi connectivity index (χ2v) is 4.82. The molecule has 0 radical (unpaired) electrons. The molecule has 0 saturated carbocycles. The second kappa shape index (κ2) is 6.29. The fourth-order valence-corrected chi connectivity index (χ4v) is 2.43. The van der Waals surface area contributed by atoms with Crippen molar-refractivity contribution in [3.63, 3.8) is 0 Å². The average Bonchev–Trinajstić information content (AvgIpc) is 2.56. The molecule has 0 spiro atoms. The molecule has 3 heteroatoms. The molecule has 0 aliphatic rings. The van der Waals surface area contributed by atoms with Crippen LogP contribution < -0.4 is 15.6 Å². The monoisotopic (exact) mass is 278 g/mol. The molecule has 3 rings (SSSR count). The number of hydrazine groups is 1. The summed E-state index contributed by atoms with van der Waals surface area (Å²) in [6, 6.07) is 22.5. The normalized spacial score (nSPS) is 10.5. The van der Waals surface area contributed by atoms with Crippen LogP contribution in [-0.4, -0.2) is 7.11 Å². The van der Waals surface area contributed by atoms with E-state index in [1.165, 1.54) is 10.9 Å². The third-order valence-corrected chi connectivity index (χ3v) is 3.48. The lowest BCUT2D eigenvalue weighted by molar-refractivity contribution is 0.419. The highest BCUT2D eigenvalue weighted by Crippen LogP contribution is 2.28. The number of ether oxygens (including phenoxy) is 1. The van der Waals surface area contributed by atoms with Gasteiger partial charge in [0.1, 0.15) is 5.75 Å². The fourth-order valence-electron chi connectivity index (χ4n) is 2.43. The van der Waals surface area contributed by atoms with Gasteiger partial charge in [-0.25, -0.2) is 5.43 Å². The zero-order chi connectivity index (χ0) is 14.5. The van der Waals surface area contributed by atoms with Crippen LogP contribution in [-0.2, 0) is 6.54 Å². The van der Waals surface area contributed by atoms with Gasteiger partial charge in [0.25, 0.3) is 0 Å². The number of anilines is 1. The van der Waals surface area contributed by atoms with Gasteiger partial charge in [-0.3, -0.25) is 0 Å². The quantitative estimate of drug-likeness (QED) is 0.693. The number of benzene rings is 3. The van der Waals surface area contributed by atoms with Crippen LogP contribution in [0.2, 0.25) is 0 Å². The minimum absolute atomic E-state index is 0.736. The molecule has 0 aromatic heterocycles. The van der Waals surface area contributed by atoms with E-state index in [-0.39, 0.29) is 0 Å². The summed E-state index contributed by atoms with van der Waals surface area (Å²) in [6.45, 7) is 0.736. The van der Waals surface area contributed by atoms with Crippen molar-refractivity contribution in [2.75, 3.05) is 12.5 Å². The molecule has 3 aromatic rings. The highest BCUT2D eigenvalue weighted by molar-refractivity contribution is 5.91. The summed E-state index contributed by atoms with van der Waals surface area (Å²) in [5, 5.41) is 2.35. The zero-order valence-electron chi connectivity index (χ0n) is 12.0. The Hall–Kier alpha value is -2.52. The predicted octanol–water partition coefficient (Wildman–Crippen LogP) is 3.97. The summed E-state index contributed by atoms with van der Waals surface area (Å²) in [5.41, 5.74) is 8.74. The second-order valence-electron chi connectivity index (χ2n) is 4.82. The van der Waals surface area contributed by atoms with Crippen LogP contribution in [0.4, 0.5) is 5.69 Å². The maximum absolute atomic E-state index is 5.42. The Morgan fingerprint density at radius 3 is 2.29 bits per heavy atom. The van der Waals surface area contributed by atoms with E-state index in [4.69, 9.17) is 4.74 Å². The highest BCUT2D eigenvalue weighted by atomic mass is 16.5. The predicted molar refractivity (Wildman–Crippen MR) is 87.4 cm³/mol. The number of hydrogen-bond acceptors (Lipinski definition) is 3. The van der Waals surface area contributed by atoms with Gasteiger partial charge in [-0.1, -0.05) is 48.5 Å². The smallest absolute Gasteiger partial charge is 0.126 e. The van der Waals surface area contributed by atoms with Gasteiger partial charge in [-0.05, 0) is 29.1 Å². The van der Waals surface area contributed by atoms with Crippen molar-refractivity contribution in [1.82, 2.24) is 5.43 Å². The molecule has 3 nitrogen and oxygen atoms in total. The van der Waals surface area contributed by atoms with Gasteiger partial charge >= 0.3 is 0 Å². The maximum Gasteiger partial charge on any atom is 0.126 e. The van der Waals surface area contributed by atoms with Crippen molar-refractivity contribution in [1.29, 1.82) is 0 Å². The van der Waals surface area contributed by atoms with Crippen LogP contribution in [0, 0.1) is 0 Å². The summed E-state index contributed by atoms with van der Waals surface area (Å²) in [4.78, 5) is 0. The number of nitrogens with one attached hydrogen (secondary N) is 2. The lowest BCUT2D eigenvalue weighted by Gasteiger charge is -2.12. The van der Waals surface area contributed by atoms with Crippen molar-refractivity contribution in [2.45, 2.75) is 6.54 Å². The number of rotatable bonds is 5.